The molecule has 1 heterocycles. The number of carbonyl (C=O) groups is 1. The second kappa shape index (κ2) is 9.80. The van der Waals surface area contributed by atoms with Crippen molar-refractivity contribution in [1.29, 1.82) is 0 Å². The van der Waals surface area contributed by atoms with Gasteiger partial charge in [0.05, 0.1) is 39.8 Å². The first-order chi connectivity index (χ1) is 14.9. The van der Waals surface area contributed by atoms with Crippen LogP contribution >= 0.6 is 0 Å². The van der Waals surface area contributed by atoms with Crippen molar-refractivity contribution in [2.75, 3.05) is 21.3 Å². The molecule has 2 aromatic carbocycles. The fourth-order valence-corrected chi connectivity index (χ4v) is 3.18. The van der Waals surface area contributed by atoms with Crippen molar-refractivity contribution in [3.05, 3.63) is 70.5 Å². The molecule has 31 heavy (non-hydrogen) atoms. The number of amides is 1. The number of carbonyl (C=O) groups excluding carboxylic acids is 1. The number of hydrogen-bond acceptors (Lipinski definition) is 6. The molecule has 0 aliphatic rings. The number of aromatic nitrogens is 2. The summed E-state index contributed by atoms with van der Waals surface area (Å²) in [5, 5.41) is 8.50. The van der Waals surface area contributed by atoms with Gasteiger partial charge in [-0.05, 0) is 49.7 Å². The number of nitrogens with one attached hydrogen (secondary N) is 1. The molecule has 8 nitrogen and oxygen atoms in total. The lowest BCUT2D eigenvalue weighted by Crippen LogP contribution is -2.17. The number of hydrazone groups is 1. The van der Waals surface area contributed by atoms with E-state index in [9.17, 15) is 4.79 Å². The lowest BCUT2D eigenvalue weighted by Gasteiger charge is -2.12. The van der Waals surface area contributed by atoms with Gasteiger partial charge < -0.3 is 14.2 Å². The highest BCUT2D eigenvalue weighted by molar-refractivity contribution is 5.95. The van der Waals surface area contributed by atoms with Crippen molar-refractivity contribution < 1.29 is 19.0 Å². The number of nitrogens with zero attached hydrogens (tertiary/aromatic N) is 3. The van der Waals surface area contributed by atoms with Crippen molar-refractivity contribution in [1.82, 2.24) is 15.2 Å². The molecule has 1 N–H and O–H groups in total. The summed E-state index contributed by atoms with van der Waals surface area (Å²) in [6.07, 6.45) is 1.51. The Kier molecular flexibility index (Phi) is 6.92. The van der Waals surface area contributed by atoms with Crippen LogP contribution in [0.25, 0.3) is 0 Å². The summed E-state index contributed by atoms with van der Waals surface area (Å²) >= 11 is 0. The summed E-state index contributed by atoms with van der Waals surface area (Å²) in [6.45, 7) is 4.64. The van der Waals surface area contributed by atoms with Crippen molar-refractivity contribution in [2.24, 2.45) is 5.10 Å². The van der Waals surface area contributed by atoms with Gasteiger partial charge in [0.15, 0.2) is 11.5 Å². The molecule has 0 radical (unpaired) electrons. The van der Waals surface area contributed by atoms with Crippen LogP contribution in [0.5, 0.6) is 17.2 Å². The Bertz CT molecular complexity index is 1060. The van der Waals surface area contributed by atoms with E-state index in [2.05, 4.69) is 15.6 Å². The van der Waals surface area contributed by atoms with E-state index in [4.69, 9.17) is 14.2 Å². The van der Waals surface area contributed by atoms with Crippen LogP contribution in [0.4, 0.5) is 0 Å². The van der Waals surface area contributed by atoms with Gasteiger partial charge in [-0.1, -0.05) is 12.1 Å². The third kappa shape index (κ3) is 5.22. The smallest absolute Gasteiger partial charge is 0.271 e. The maximum atomic E-state index is 12.4. The number of methoxy groups -OCH3 is 3. The summed E-state index contributed by atoms with van der Waals surface area (Å²) < 4.78 is 17.9. The predicted octanol–water partition coefficient (Wildman–Crippen LogP) is 3.34. The highest BCUT2D eigenvalue weighted by Gasteiger charge is 2.12. The number of benzene rings is 2. The Labute approximate surface area is 181 Å². The summed E-state index contributed by atoms with van der Waals surface area (Å²) in [6, 6.07) is 12.9. The zero-order chi connectivity index (χ0) is 22.4. The Balaban J connectivity index is 1.65. The molecule has 3 rings (SSSR count). The molecular formula is C23H26N4O4. The average molecular weight is 422 g/mol. The minimum atomic E-state index is -0.304. The maximum absolute atomic E-state index is 12.4. The van der Waals surface area contributed by atoms with Gasteiger partial charge in [-0.3, -0.25) is 9.48 Å². The fraction of sp³-hybridized carbons (Fsp3) is 0.261. The fourth-order valence-electron chi connectivity index (χ4n) is 3.18. The maximum Gasteiger partial charge on any atom is 0.271 e. The zero-order valence-electron chi connectivity index (χ0n) is 18.3. The van der Waals surface area contributed by atoms with E-state index in [1.807, 2.05) is 36.7 Å². The van der Waals surface area contributed by atoms with E-state index in [0.717, 1.165) is 17.0 Å². The van der Waals surface area contributed by atoms with Crippen LogP contribution in [-0.4, -0.2) is 43.2 Å². The first-order valence-corrected chi connectivity index (χ1v) is 9.68. The molecule has 0 saturated heterocycles. The summed E-state index contributed by atoms with van der Waals surface area (Å²) in [7, 11) is 4.62. The van der Waals surface area contributed by atoms with Gasteiger partial charge in [-0.15, -0.1) is 0 Å². The summed E-state index contributed by atoms with van der Waals surface area (Å²) in [4.78, 5) is 12.4. The van der Waals surface area contributed by atoms with Crippen LogP contribution in [0.2, 0.25) is 0 Å². The normalized spacial score (nSPS) is 10.9. The monoisotopic (exact) mass is 422 g/mol. The Hall–Kier alpha value is -3.81. The van der Waals surface area contributed by atoms with Gasteiger partial charge in [0, 0.05) is 16.8 Å². The lowest BCUT2D eigenvalue weighted by atomic mass is 10.1. The Morgan fingerprint density at radius 2 is 1.68 bits per heavy atom. The van der Waals surface area contributed by atoms with Crippen molar-refractivity contribution in [3.8, 4) is 17.2 Å². The molecular weight excluding hydrogens is 396 g/mol. The molecule has 0 unspecified atom stereocenters. The summed E-state index contributed by atoms with van der Waals surface area (Å²) in [5.41, 5.74) is 6.88. The van der Waals surface area contributed by atoms with E-state index in [1.54, 1.807) is 38.5 Å². The van der Waals surface area contributed by atoms with E-state index < -0.39 is 0 Å². The SMILES string of the molecule is COc1cc(C=NNC(=O)c2ccc(Cn3nc(C)cc3C)cc2)cc(OC)c1OC. The second-order valence-electron chi connectivity index (χ2n) is 6.94. The second-order valence-corrected chi connectivity index (χ2v) is 6.94. The van der Waals surface area contributed by atoms with Gasteiger partial charge in [-0.2, -0.15) is 10.2 Å². The number of aryl methyl sites for hydroxylation is 2. The van der Waals surface area contributed by atoms with Crippen LogP contribution in [0.15, 0.2) is 47.6 Å². The topological polar surface area (TPSA) is 87.0 Å². The summed E-state index contributed by atoms with van der Waals surface area (Å²) in [5.74, 6) is 1.20. The van der Waals surface area contributed by atoms with Gasteiger partial charge in [0.25, 0.3) is 5.91 Å². The Morgan fingerprint density at radius 3 is 2.19 bits per heavy atom. The van der Waals surface area contributed by atoms with Crippen LogP contribution in [0, 0.1) is 13.8 Å². The molecule has 1 aromatic heterocycles. The largest absolute Gasteiger partial charge is 0.493 e. The van der Waals surface area contributed by atoms with Crippen LogP contribution < -0.4 is 19.6 Å². The lowest BCUT2D eigenvalue weighted by molar-refractivity contribution is 0.0955. The van der Waals surface area contributed by atoms with Crippen LogP contribution in [-0.2, 0) is 6.54 Å². The molecule has 0 bridgehead atoms. The molecule has 0 aliphatic heterocycles. The molecule has 0 aliphatic carbocycles. The molecule has 0 saturated carbocycles. The Morgan fingerprint density at radius 1 is 1.03 bits per heavy atom. The quantitative estimate of drug-likeness (QED) is 0.444. The standard InChI is InChI=1S/C23H26N4O4/c1-15-10-16(2)27(26-15)14-17-6-8-19(9-7-17)23(28)25-24-13-18-11-20(29-3)22(31-5)21(12-18)30-4/h6-13H,14H2,1-5H3,(H,25,28). The molecule has 8 heteroatoms. The molecule has 3 aromatic rings. The van der Waals surface area contributed by atoms with E-state index in [1.165, 1.54) is 13.3 Å². The van der Waals surface area contributed by atoms with Gasteiger partial charge >= 0.3 is 0 Å². The van der Waals surface area contributed by atoms with E-state index in [-0.39, 0.29) is 5.91 Å². The zero-order valence-corrected chi connectivity index (χ0v) is 18.3. The minimum Gasteiger partial charge on any atom is -0.493 e. The molecule has 1 amide bonds. The van der Waals surface area contributed by atoms with Crippen LogP contribution in [0.1, 0.15) is 32.9 Å². The van der Waals surface area contributed by atoms with Crippen molar-refractivity contribution in [3.63, 3.8) is 0 Å². The molecule has 162 valence electrons. The van der Waals surface area contributed by atoms with Crippen LogP contribution in [0.3, 0.4) is 0 Å². The number of ether oxygens (including phenoxy) is 3. The minimum absolute atomic E-state index is 0.304. The third-order valence-electron chi connectivity index (χ3n) is 4.72. The molecule has 0 fully saturated rings. The molecule has 0 atom stereocenters. The van der Waals surface area contributed by atoms with Gasteiger partial charge in [0.1, 0.15) is 0 Å². The van der Waals surface area contributed by atoms with E-state index in [0.29, 0.717) is 34.9 Å². The van der Waals surface area contributed by atoms with Gasteiger partial charge in [0.2, 0.25) is 5.75 Å². The van der Waals surface area contributed by atoms with Crippen molar-refractivity contribution in [2.45, 2.75) is 20.4 Å². The highest BCUT2D eigenvalue weighted by atomic mass is 16.5. The third-order valence-corrected chi connectivity index (χ3v) is 4.72. The average Bonchev–Trinajstić information content (AvgIpc) is 3.09. The number of hydrogen-bond donors (Lipinski definition) is 1. The van der Waals surface area contributed by atoms with Gasteiger partial charge in [-0.25, -0.2) is 5.43 Å². The molecule has 0 spiro atoms. The number of rotatable bonds is 8. The highest BCUT2D eigenvalue weighted by Crippen LogP contribution is 2.37. The first-order valence-electron chi connectivity index (χ1n) is 9.68. The first kappa shape index (κ1) is 21.9. The van der Waals surface area contributed by atoms with E-state index >= 15 is 0 Å². The predicted molar refractivity (Wildman–Crippen MR) is 118 cm³/mol. The van der Waals surface area contributed by atoms with Crippen molar-refractivity contribution >= 4 is 12.1 Å².